The van der Waals surface area contributed by atoms with Gasteiger partial charge in [-0.05, 0) is 135 Å². The summed E-state index contributed by atoms with van der Waals surface area (Å²) in [5.41, 5.74) is 19.9. The molecule has 10 rings (SSSR count). The lowest BCUT2D eigenvalue weighted by molar-refractivity contribution is 0.660. The SMILES string of the molecule is C=CC.CC1(C)c2ccccc2-c2ccc(N(c3ccccc3)c3ccc(-c4ccc(N(c5ccccc5)c5ccc6c(c5)C(C)(C)c5ccccc5-6)cc4)cc3)cc21. The van der Waals surface area contributed by atoms with E-state index in [0.29, 0.717) is 0 Å². The molecule has 0 saturated heterocycles. The minimum Gasteiger partial charge on any atom is -0.310 e. The van der Waals surface area contributed by atoms with Crippen molar-refractivity contribution >= 4 is 34.1 Å². The van der Waals surface area contributed by atoms with Crippen molar-refractivity contribution in [3.8, 4) is 33.4 Å². The van der Waals surface area contributed by atoms with Gasteiger partial charge in [0.15, 0.2) is 0 Å². The first-order valence-corrected chi connectivity index (χ1v) is 20.7. The van der Waals surface area contributed by atoms with Gasteiger partial charge in [-0.2, -0.15) is 0 Å². The Labute approximate surface area is 350 Å². The maximum atomic E-state index is 3.36. The summed E-state index contributed by atoms with van der Waals surface area (Å²) in [7, 11) is 0. The lowest BCUT2D eigenvalue weighted by Crippen LogP contribution is -2.16. The van der Waals surface area contributed by atoms with E-state index in [4.69, 9.17) is 0 Å². The fourth-order valence-electron chi connectivity index (χ4n) is 9.32. The van der Waals surface area contributed by atoms with Gasteiger partial charge in [0, 0.05) is 45.0 Å². The summed E-state index contributed by atoms with van der Waals surface area (Å²) in [5.74, 6) is 0. The number of nitrogens with zero attached hydrogens (tertiary/aromatic N) is 2. The molecule has 0 bridgehead atoms. The number of para-hydroxylation sites is 2. The van der Waals surface area contributed by atoms with Gasteiger partial charge < -0.3 is 9.80 Å². The number of anilines is 6. The van der Waals surface area contributed by atoms with Crippen molar-refractivity contribution in [3.63, 3.8) is 0 Å². The molecule has 2 heteroatoms. The molecule has 0 amide bonds. The van der Waals surface area contributed by atoms with Gasteiger partial charge in [0.2, 0.25) is 0 Å². The van der Waals surface area contributed by atoms with Gasteiger partial charge in [-0.1, -0.05) is 155 Å². The molecule has 0 radical (unpaired) electrons. The van der Waals surface area contributed by atoms with Crippen molar-refractivity contribution in [2.75, 3.05) is 9.80 Å². The zero-order valence-electron chi connectivity index (χ0n) is 34.7. The molecule has 0 unspecified atom stereocenters. The number of fused-ring (bicyclic) bond motifs is 6. The molecule has 0 N–H and O–H groups in total. The van der Waals surface area contributed by atoms with Gasteiger partial charge in [-0.3, -0.25) is 0 Å². The number of hydrogen-bond acceptors (Lipinski definition) is 2. The normalized spacial score (nSPS) is 13.5. The Morgan fingerprint density at radius 3 is 1.00 bits per heavy atom. The Bertz CT molecular complexity index is 2590. The molecule has 288 valence electrons. The zero-order chi connectivity index (χ0) is 40.7. The van der Waals surface area contributed by atoms with E-state index >= 15 is 0 Å². The molecule has 8 aromatic carbocycles. The van der Waals surface area contributed by atoms with E-state index in [9.17, 15) is 0 Å². The van der Waals surface area contributed by atoms with Crippen LogP contribution in [0.15, 0.2) is 207 Å². The first-order valence-electron chi connectivity index (χ1n) is 20.7. The highest BCUT2D eigenvalue weighted by Crippen LogP contribution is 2.52. The average Bonchev–Trinajstić information content (AvgIpc) is 3.64. The molecule has 2 aliphatic carbocycles. The number of allylic oxidation sites excluding steroid dienone is 1. The first kappa shape index (κ1) is 37.7. The highest BCUT2D eigenvalue weighted by Gasteiger charge is 2.37. The molecule has 0 aliphatic heterocycles. The van der Waals surface area contributed by atoms with E-state index in [1.54, 1.807) is 6.08 Å². The summed E-state index contributed by atoms with van der Waals surface area (Å²) in [6.45, 7) is 14.6. The maximum Gasteiger partial charge on any atom is 0.0465 e. The molecule has 59 heavy (non-hydrogen) atoms. The monoisotopic (exact) mass is 762 g/mol. The zero-order valence-corrected chi connectivity index (χ0v) is 34.7. The fourth-order valence-corrected chi connectivity index (χ4v) is 9.32. The van der Waals surface area contributed by atoms with Crippen LogP contribution in [0.3, 0.4) is 0 Å². The van der Waals surface area contributed by atoms with E-state index in [0.717, 1.165) is 34.1 Å². The van der Waals surface area contributed by atoms with Crippen LogP contribution in [0.2, 0.25) is 0 Å². The van der Waals surface area contributed by atoms with E-state index in [-0.39, 0.29) is 10.8 Å². The van der Waals surface area contributed by atoms with Crippen molar-refractivity contribution in [3.05, 3.63) is 229 Å². The number of benzene rings is 8. The summed E-state index contributed by atoms with van der Waals surface area (Å²) in [4.78, 5) is 4.75. The van der Waals surface area contributed by atoms with Crippen LogP contribution < -0.4 is 9.80 Å². The quantitative estimate of drug-likeness (QED) is 0.149. The van der Waals surface area contributed by atoms with Crippen LogP contribution in [-0.2, 0) is 10.8 Å². The van der Waals surface area contributed by atoms with E-state index < -0.39 is 0 Å². The highest BCUT2D eigenvalue weighted by atomic mass is 15.1. The van der Waals surface area contributed by atoms with Gasteiger partial charge in [0.05, 0.1) is 0 Å². The van der Waals surface area contributed by atoms with Crippen molar-refractivity contribution in [1.29, 1.82) is 0 Å². The predicted octanol–water partition coefficient (Wildman–Crippen LogP) is 16.1. The Morgan fingerprint density at radius 2 is 0.627 bits per heavy atom. The lowest BCUT2D eigenvalue weighted by atomic mass is 9.82. The lowest BCUT2D eigenvalue weighted by Gasteiger charge is -2.28. The topological polar surface area (TPSA) is 6.48 Å². The second-order valence-corrected chi connectivity index (χ2v) is 16.6. The minimum absolute atomic E-state index is 0.0700. The molecule has 0 fully saturated rings. The Kier molecular flexibility index (Phi) is 9.65. The third-order valence-electron chi connectivity index (χ3n) is 12.3. The summed E-state index contributed by atoms with van der Waals surface area (Å²) in [6.07, 6.45) is 1.75. The molecule has 0 heterocycles. The van der Waals surface area contributed by atoms with E-state index in [2.05, 4.69) is 238 Å². The van der Waals surface area contributed by atoms with Crippen LogP contribution in [0, 0.1) is 0 Å². The third-order valence-corrected chi connectivity index (χ3v) is 12.3. The first-order chi connectivity index (χ1) is 28.7. The third kappa shape index (κ3) is 6.55. The molecule has 2 nitrogen and oxygen atoms in total. The van der Waals surface area contributed by atoms with Gasteiger partial charge in [-0.15, -0.1) is 6.58 Å². The van der Waals surface area contributed by atoms with Gasteiger partial charge in [-0.25, -0.2) is 0 Å². The molecular formula is C57H50N2. The standard InChI is InChI=1S/C54H44N2.C3H6/c1-53(2)49-21-13-11-19-45(49)47-33-31-43(35-51(47)53)55(39-15-7-5-8-16-39)41-27-23-37(24-28-41)38-25-29-42(30-26-38)56(40-17-9-6-10-18-40)44-32-34-48-46-20-12-14-22-50(46)54(3,4)52(48)36-44;1-3-2/h5-36H,1-4H3;3H,1H2,2H3. The van der Waals surface area contributed by atoms with Gasteiger partial charge >= 0.3 is 0 Å². The Morgan fingerprint density at radius 1 is 0.339 bits per heavy atom. The number of rotatable bonds is 7. The Hall–Kier alpha value is -6.90. The minimum atomic E-state index is -0.0700. The van der Waals surface area contributed by atoms with Crippen LogP contribution in [0.4, 0.5) is 34.1 Å². The summed E-state index contributed by atoms with van der Waals surface area (Å²) >= 11 is 0. The van der Waals surface area contributed by atoms with Gasteiger partial charge in [0.1, 0.15) is 0 Å². The largest absolute Gasteiger partial charge is 0.310 e. The molecule has 0 aromatic heterocycles. The van der Waals surface area contributed by atoms with Crippen molar-refractivity contribution in [1.82, 2.24) is 0 Å². The predicted molar refractivity (Wildman–Crippen MR) is 252 cm³/mol. The van der Waals surface area contributed by atoms with Gasteiger partial charge in [0.25, 0.3) is 0 Å². The van der Waals surface area contributed by atoms with Crippen LogP contribution >= 0.6 is 0 Å². The van der Waals surface area contributed by atoms with Crippen molar-refractivity contribution in [2.24, 2.45) is 0 Å². The molecule has 0 spiro atoms. The fraction of sp³-hybridized carbons (Fsp3) is 0.123. The van der Waals surface area contributed by atoms with Crippen molar-refractivity contribution in [2.45, 2.75) is 45.4 Å². The molecule has 0 atom stereocenters. The maximum absolute atomic E-state index is 3.36. The van der Waals surface area contributed by atoms with Crippen LogP contribution in [0.1, 0.15) is 56.9 Å². The van der Waals surface area contributed by atoms with Crippen LogP contribution in [0.5, 0.6) is 0 Å². The summed E-state index contributed by atoms with van der Waals surface area (Å²) in [5, 5.41) is 0. The van der Waals surface area contributed by atoms with E-state index in [1.807, 2.05) is 6.92 Å². The van der Waals surface area contributed by atoms with Crippen LogP contribution in [0.25, 0.3) is 33.4 Å². The average molecular weight is 763 g/mol. The molecule has 2 aliphatic rings. The summed E-state index contributed by atoms with van der Waals surface area (Å²) < 4.78 is 0. The molecule has 8 aromatic rings. The van der Waals surface area contributed by atoms with Crippen molar-refractivity contribution < 1.29 is 0 Å². The van der Waals surface area contributed by atoms with E-state index in [1.165, 1.54) is 55.6 Å². The molecular weight excluding hydrogens is 713 g/mol. The van der Waals surface area contributed by atoms with Crippen LogP contribution in [-0.4, -0.2) is 0 Å². The Balaban J connectivity index is 0.00000145. The highest BCUT2D eigenvalue weighted by molar-refractivity contribution is 5.88. The molecule has 0 saturated carbocycles. The smallest absolute Gasteiger partial charge is 0.0465 e. The second kappa shape index (κ2) is 15.1. The second-order valence-electron chi connectivity index (χ2n) is 16.6. The summed E-state index contributed by atoms with van der Waals surface area (Å²) in [6, 6.07) is 71.1. The number of hydrogen-bond donors (Lipinski definition) is 0.